The first-order valence-electron chi connectivity index (χ1n) is 14.7. The van der Waals surface area contributed by atoms with Crippen molar-refractivity contribution in [3.05, 3.63) is 130 Å². The van der Waals surface area contributed by atoms with Crippen molar-refractivity contribution in [3.63, 3.8) is 0 Å². The topological polar surface area (TPSA) is 0 Å². The van der Waals surface area contributed by atoms with Crippen LogP contribution in [0.25, 0.3) is 21.9 Å². The summed E-state index contributed by atoms with van der Waals surface area (Å²) < 4.78 is 2.23. The molecule has 2 aliphatic rings. The molecule has 0 spiro atoms. The van der Waals surface area contributed by atoms with E-state index < -0.39 is 0 Å². The Balaban J connectivity index is 0.000000248. The number of hydrogen-bond donors (Lipinski definition) is 0. The Kier molecular flexibility index (Phi) is 13.2. The van der Waals surface area contributed by atoms with Crippen LogP contribution in [0.2, 0.25) is 0 Å². The van der Waals surface area contributed by atoms with Crippen LogP contribution < -0.4 is 24.8 Å². The summed E-state index contributed by atoms with van der Waals surface area (Å²) in [5.41, 5.74) is 12.8. The summed E-state index contributed by atoms with van der Waals surface area (Å²) in [6, 6.07) is 30.1. The van der Waals surface area contributed by atoms with E-state index in [0.29, 0.717) is 5.92 Å². The Morgan fingerprint density at radius 2 is 1.44 bits per heavy atom. The first-order valence-corrected chi connectivity index (χ1v) is 16.2. The van der Waals surface area contributed by atoms with Gasteiger partial charge in [-0.15, -0.1) is 18.1 Å². The predicted molar refractivity (Wildman–Crippen MR) is 175 cm³/mol. The Morgan fingerprint density at radius 1 is 0.791 bits per heavy atom. The van der Waals surface area contributed by atoms with E-state index in [1.165, 1.54) is 85.1 Å². The zero-order valence-electron chi connectivity index (χ0n) is 27.1. The molecule has 0 bridgehead atoms. The van der Waals surface area contributed by atoms with Crippen LogP contribution in [0.4, 0.5) is 0 Å². The Labute approximate surface area is 288 Å². The molecule has 0 radical (unpaired) electrons. The van der Waals surface area contributed by atoms with Crippen molar-refractivity contribution in [2.24, 2.45) is 5.92 Å². The molecule has 0 heterocycles. The number of fused-ring (bicyclic) bond motifs is 4. The van der Waals surface area contributed by atoms with Crippen LogP contribution >= 0.6 is 0 Å². The molecular formula is C40H44Cl2Zr-2. The second kappa shape index (κ2) is 15.3. The van der Waals surface area contributed by atoms with Crippen LogP contribution in [0.15, 0.2) is 90.0 Å². The summed E-state index contributed by atoms with van der Waals surface area (Å²) in [4.78, 5) is 0. The quantitative estimate of drug-likeness (QED) is 0.228. The number of halogens is 2. The zero-order valence-corrected chi connectivity index (χ0v) is 31.1. The molecule has 0 N–H and O–H groups in total. The van der Waals surface area contributed by atoms with Crippen LogP contribution in [-0.2, 0) is 41.5 Å². The van der Waals surface area contributed by atoms with Crippen molar-refractivity contribution in [3.8, 4) is 11.1 Å². The van der Waals surface area contributed by atoms with Crippen molar-refractivity contribution in [1.82, 2.24) is 0 Å². The van der Waals surface area contributed by atoms with Crippen LogP contribution in [0.3, 0.4) is 0 Å². The van der Waals surface area contributed by atoms with Gasteiger partial charge in [0.1, 0.15) is 0 Å². The number of benzene rings is 4. The van der Waals surface area contributed by atoms with Gasteiger partial charge in [0.2, 0.25) is 0 Å². The SMILES string of the molecule is CC(C)(C)c1[c-]c2c(cc1)-c1ccc(C(C)(C)C)cc1C2.CC1=[C-]C(C)C=C1C.[Cl-].[Cl-].[Zr+2]=[CH]c1cccc2ccccc12. The van der Waals surface area contributed by atoms with E-state index >= 15 is 0 Å². The number of hydrogen-bond acceptors (Lipinski definition) is 0. The van der Waals surface area contributed by atoms with E-state index in [0.717, 1.165) is 6.42 Å². The predicted octanol–water partition coefficient (Wildman–Crippen LogP) is 4.53. The van der Waals surface area contributed by atoms with Gasteiger partial charge in [0.25, 0.3) is 0 Å². The summed E-state index contributed by atoms with van der Waals surface area (Å²) in [7, 11) is 0. The first kappa shape index (κ1) is 37.1. The summed E-state index contributed by atoms with van der Waals surface area (Å²) in [5.74, 6) is 0.551. The van der Waals surface area contributed by atoms with Crippen molar-refractivity contribution in [2.45, 2.75) is 79.6 Å². The van der Waals surface area contributed by atoms with Crippen LogP contribution in [0.5, 0.6) is 0 Å². The molecule has 0 nitrogen and oxygen atoms in total. The molecule has 1 unspecified atom stereocenters. The molecule has 0 amide bonds. The van der Waals surface area contributed by atoms with Gasteiger partial charge in [0, 0.05) is 0 Å². The third-order valence-corrected chi connectivity index (χ3v) is 8.74. The molecule has 2 aliphatic carbocycles. The van der Waals surface area contributed by atoms with Gasteiger partial charge < -0.3 is 24.8 Å². The third-order valence-electron chi connectivity index (χ3n) is 7.98. The van der Waals surface area contributed by atoms with Crippen LogP contribution in [0, 0.1) is 18.1 Å². The van der Waals surface area contributed by atoms with Crippen LogP contribution in [-0.4, -0.2) is 3.71 Å². The Morgan fingerprint density at radius 3 is 2.00 bits per heavy atom. The fourth-order valence-corrected chi connectivity index (χ4v) is 6.02. The summed E-state index contributed by atoms with van der Waals surface area (Å²) in [6.45, 7) is 20.0. The van der Waals surface area contributed by atoms with Crippen molar-refractivity contribution >= 4 is 14.5 Å². The average Bonchev–Trinajstić information content (AvgIpc) is 3.44. The van der Waals surface area contributed by atoms with E-state index in [9.17, 15) is 0 Å². The van der Waals surface area contributed by atoms with E-state index in [1.807, 2.05) is 0 Å². The van der Waals surface area contributed by atoms with Crippen molar-refractivity contribution in [2.75, 3.05) is 0 Å². The second-order valence-electron chi connectivity index (χ2n) is 13.4. The molecule has 0 saturated carbocycles. The molecule has 0 aromatic heterocycles. The maximum absolute atomic E-state index is 3.67. The fraction of sp³-hybridized carbons (Fsp3) is 0.325. The zero-order chi connectivity index (χ0) is 29.9. The Hall–Kier alpha value is -2.05. The molecule has 4 aromatic rings. The summed E-state index contributed by atoms with van der Waals surface area (Å²) >= 11 is 1.46. The molecule has 43 heavy (non-hydrogen) atoms. The van der Waals surface area contributed by atoms with Gasteiger partial charge in [0.15, 0.2) is 0 Å². The fourth-order valence-electron chi connectivity index (χ4n) is 5.40. The van der Waals surface area contributed by atoms with Crippen molar-refractivity contribution in [1.29, 1.82) is 0 Å². The molecule has 0 fully saturated rings. The normalized spacial score (nSPS) is 14.8. The molecular weight excluding hydrogens is 643 g/mol. The van der Waals surface area contributed by atoms with E-state index in [-0.39, 0.29) is 35.6 Å². The van der Waals surface area contributed by atoms with Crippen molar-refractivity contribution < 1.29 is 49.0 Å². The van der Waals surface area contributed by atoms with Gasteiger partial charge in [-0.05, 0) is 28.4 Å². The molecule has 0 saturated heterocycles. The molecule has 224 valence electrons. The third kappa shape index (κ3) is 9.23. The molecule has 0 aliphatic heterocycles. The van der Waals surface area contributed by atoms with E-state index in [1.54, 1.807) is 0 Å². The number of rotatable bonds is 1. The molecule has 4 aromatic carbocycles. The first-order chi connectivity index (χ1) is 19.3. The van der Waals surface area contributed by atoms with Gasteiger partial charge in [0.05, 0.1) is 0 Å². The van der Waals surface area contributed by atoms with Crippen LogP contribution in [0.1, 0.15) is 90.1 Å². The van der Waals surface area contributed by atoms with Gasteiger partial charge in [-0.3, -0.25) is 6.08 Å². The van der Waals surface area contributed by atoms with E-state index in [4.69, 9.17) is 0 Å². The minimum absolute atomic E-state index is 0. The summed E-state index contributed by atoms with van der Waals surface area (Å²) in [5, 5.41) is 2.69. The van der Waals surface area contributed by atoms with Gasteiger partial charge in [-0.1, -0.05) is 85.1 Å². The average molecular weight is 687 g/mol. The Bertz CT molecular complexity index is 1540. The molecule has 3 heteroatoms. The number of allylic oxidation sites excluding steroid dienone is 4. The van der Waals surface area contributed by atoms with Gasteiger partial charge in [-0.25, -0.2) is 11.1 Å². The second-order valence-corrected chi connectivity index (χ2v) is 14.1. The van der Waals surface area contributed by atoms with Gasteiger partial charge in [-0.2, -0.15) is 29.8 Å². The monoisotopic (exact) mass is 684 g/mol. The summed E-state index contributed by atoms with van der Waals surface area (Å²) in [6.07, 6.45) is 6.55. The molecule has 6 rings (SSSR count). The molecule has 1 atom stereocenters. The standard InChI is InChI=1S/C21H25.C11H8.C8H11.2ClH.Zr/c1-20(2,3)16-7-9-18-14(12-16)11-15-13-17(21(4,5)6)8-10-19(15)18;1-9-5-4-7-10-6-2-3-8-11(9)10;1-6-4-7(2)8(3)5-6;;;/h7-10,12H,11H2,1-6H3;1-8H;4,6H,1-3H3;2*1H;/q-1;;-1;;;+2/p-2. The van der Waals surface area contributed by atoms with Gasteiger partial charge >= 0.3 is 86.7 Å². The maximum atomic E-state index is 3.67. The minimum atomic E-state index is 0. The van der Waals surface area contributed by atoms with E-state index in [2.05, 4.69) is 157 Å².